The molecular weight excluding hydrogens is 267 g/mol. The molecule has 2 aromatic heterocycles. The van der Waals surface area contributed by atoms with E-state index in [0.717, 1.165) is 23.3 Å². The molecular formula is C16H17FN4. The molecule has 0 unspecified atom stereocenters. The van der Waals surface area contributed by atoms with Crippen LogP contribution in [0.4, 0.5) is 10.3 Å². The standard InChI is InChI=1S/C16H17FN4/c1-11(2)9-19-16-20-14-6-5-12(17)8-15(14)21(16)13-4-3-7-18-10-13/h3-8,10-11H,9H2,1-2H3,(H,19,20). The van der Waals surface area contributed by atoms with E-state index in [1.54, 1.807) is 18.5 Å². The Morgan fingerprint density at radius 1 is 1.29 bits per heavy atom. The van der Waals surface area contributed by atoms with Gasteiger partial charge in [0.25, 0.3) is 0 Å². The van der Waals surface area contributed by atoms with Crippen LogP contribution in [-0.4, -0.2) is 21.1 Å². The first-order valence-electron chi connectivity index (χ1n) is 6.97. The van der Waals surface area contributed by atoms with Crippen molar-refractivity contribution in [1.82, 2.24) is 14.5 Å². The van der Waals surface area contributed by atoms with Crippen LogP contribution in [-0.2, 0) is 0 Å². The lowest BCUT2D eigenvalue weighted by atomic mass is 10.2. The molecule has 21 heavy (non-hydrogen) atoms. The van der Waals surface area contributed by atoms with Crippen molar-refractivity contribution in [3.63, 3.8) is 0 Å². The van der Waals surface area contributed by atoms with Gasteiger partial charge in [0.2, 0.25) is 5.95 Å². The molecule has 2 heterocycles. The Bertz CT molecular complexity index is 750. The third-order valence-corrected chi connectivity index (χ3v) is 3.19. The summed E-state index contributed by atoms with van der Waals surface area (Å²) in [6.07, 6.45) is 3.46. The molecule has 0 aliphatic carbocycles. The average molecular weight is 284 g/mol. The van der Waals surface area contributed by atoms with Crippen LogP contribution in [0.25, 0.3) is 16.7 Å². The van der Waals surface area contributed by atoms with Crippen molar-refractivity contribution in [3.8, 4) is 5.69 Å². The summed E-state index contributed by atoms with van der Waals surface area (Å²) in [7, 11) is 0. The van der Waals surface area contributed by atoms with E-state index in [2.05, 4.69) is 29.1 Å². The van der Waals surface area contributed by atoms with Crippen molar-refractivity contribution in [2.45, 2.75) is 13.8 Å². The van der Waals surface area contributed by atoms with E-state index in [4.69, 9.17) is 0 Å². The van der Waals surface area contributed by atoms with Crippen LogP contribution in [0.1, 0.15) is 13.8 Å². The smallest absolute Gasteiger partial charge is 0.208 e. The summed E-state index contributed by atoms with van der Waals surface area (Å²) in [4.78, 5) is 8.70. The van der Waals surface area contributed by atoms with Gasteiger partial charge in [-0.3, -0.25) is 9.55 Å². The van der Waals surface area contributed by atoms with Gasteiger partial charge in [-0.15, -0.1) is 0 Å². The molecule has 0 spiro atoms. The van der Waals surface area contributed by atoms with Crippen molar-refractivity contribution in [2.24, 2.45) is 5.92 Å². The fraction of sp³-hybridized carbons (Fsp3) is 0.250. The third-order valence-electron chi connectivity index (χ3n) is 3.19. The molecule has 3 rings (SSSR count). The topological polar surface area (TPSA) is 42.7 Å². The maximum Gasteiger partial charge on any atom is 0.208 e. The molecule has 0 aliphatic heterocycles. The number of rotatable bonds is 4. The van der Waals surface area contributed by atoms with Crippen LogP contribution in [0, 0.1) is 11.7 Å². The normalized spacial score (nSPS) is 11.2. The first-order chi connectivity index (χ1) is 10.1. The summed E-state index contributed by atoms with van der Waals surface area (Å²) in [6.45, 7) is 5.06. The molecule has 0 saturated heterocycles. The second kappa shape index (κ2) is 5.52. The molecule has 108 valence electrons. The molecule has 0 aliphatic rings. The SMILES string of the molecule is CC(C)CNc1nc2ccc(F)cc2n1-c1cccnc1. The summed E-state index contributed by atoms with van der Waals surface area (Å²) in [5.74, 6) is 0.921. The Hall–Kier alpha value is -2.43. The van der Waals surface area contributed by atoms with E-state index >= 15 is 0 Å². The lowest BCUT2D eigenvalue weighted by molar-refractivity contribution is 0.629. The number of hydrogen-bond acceptors (Lipinski definition) is 3. The van der Waals surface area contributed by atoms with E-state index in [1.165, 1.54) is 12.1 Å². The van der Waals surface area contributed by atoms with Crippen LogP contribution in [0.2, 0.25) is 0 Å². The Labute approximate surface area is 122 Å². The fourth-order valence-corrected chi connectivity index (χ4v) is 2.21. The van der Waals surface area contributed by atoms with Crippen LogP contribution in [0.15, 0.2) is 42.7 Å². The lowest BCUT2D eigenvalue weighted by Crippen LogP contribution is -2.12. The Morgan fingerprint density at radius 3 is 2.86 bits per heavy atom. The monoisotopic (exact) mass is 284 g/mol. The first-order valence-corrected chi connectivity index (χ1v) is 6.97. The largest absolute Gasteiger partial charge is 0.355 e. The predicted molar refractivity (Wildman–Crippen MR) is 82.2 cm³/mol. The quantitative estimate of drug-likeness (QED) is 0.795. The summed E-state index contributed by atoms with van der Waals surface area (Å²) in [5, 5.41) is 3.32. The number of anilines is 1. The van der Waals surface area contributed by atoms with E-state index in [9.17, 15) is 4.39 Å². The molecule has 0 atom stereocenters. The summed E-state index contributed by atoms with van der Waals surface area (Å²) < 4.78 is 15.5. The third kappa shape index (κ3) is 2.72. The highest BCUT2D eigenvalue weighted by atomic mass is 19.1. The minimum absolute atomic E-state index is 0.275. The average Bonchev–Trinajstić information content (AvgIpc) is 2.83. The Morgan fingerprint density at radius 2 is 2.14 bits per heavy atom. The number of hydrogen-bond donors (Lipinski definition) is 1. The van der Waals surface area contributed by atoms with Crippen molar-refractivity contribution < 1.29 is 4.39 Å². The maximum atomic E-state index is 13.6. The van der Waals surface area contributed by atoms with E-state index in [1.807, 2.05) is 16.7 Å². The number of pyridine rings is 1. The van der Waals surface area contributed by atoms with E-state index in [-0.39, 0.29) is 5.82 Å². The maximum absolute atomic E-state index is 13.6. The number of nitrogens with one attached hydrogen (secondary N) is 1. The van der Waals surface area contributed by atoms with Crippen molar-refractivity contribution in [3.05, 3.63) is 48.5 Å². The predicted octanol–water partition coefficient (Wildman–Crippen LogP) is 3.63. The minimum atomic E-state index is -0.275. The molecule has 5 heteroatoms. The number of imidazole rings is 1. The molecule has 0 bridgehead atoms. The summed E-state index contributed by atoms with van der Waals surface area (Å²) in [5.41, 5.74) is 2.35. The lowest BCUT2D eigenvalue weighted by Gasteiger charge is -2.11. The first kappa shape index (κ1) is 13.5. The van der Waals surface area contributed by atoms with Gasteiger partial charge in [-0.2, -0.15) is 0 Å². The fourth-order valence-electron chi connectivity index (χ4n) is 2.21. The zero-order chi connectivity index (χ0) is 14.8. The molecule has 0 fully saturated rings. The van der Waals surface area contributed by atoms with E-state index < -0.39 is 0 Å². The molecule has 0 amide bonds. The molecule has 3 aromatic rings. The number of aromatic nitrogens is 3. The molecule has 4 nitrogen and oxygen atoms in total. The molecule has 1 aromatic carbocycles. The minimum Gasteiger partial charge on any atom is -0.355 e. The number of benzene rings is 1. The highest BCUT2D eigenvalue weighted by molar-refractivity contribution is 5.81. The van der Waals surface area contributed by atoms with Crippen LogP contribution < -0.4 is 5.32 Å². The van der Waals surface area contributed by atoms with Gasteiger partial charge in [-0.1, -0.05) is 13.8 Å². The van der Waals surface area contributed by atoms with Crippen molar-refractivity contribution in [2.75, 3.05) is 11.9 Å². The van der Waals surface area contributed by atoms with Gasteiger partial charge >= 0.3 is 0 Å². The van der Waals surface area contributed by atoms with Crippen LogP contribution in [0.3, 0.4) is 0 Å². The summed E-state index contributed by atoms with van der Waals surface area (Å²) >= 11 is 0. The van der Waals surface area contributed by atoms with Gasteiger partial charge in [0.05, 0.1) is 22.9 Å². The highest BCUT2D eigenvalue weighted by Crippen LogP contribution is 2.25. The second-order valence-corrected chi connectivity index (χ2v) is 5.39. The van der Waals surface area contributed by atoms with Crippen molar-refractivity contribution >= 4 is 17.0 Å². The Balaban J connectivity index is 2.17. The van der Waals surface area contributed by atoms with Gasteiger partial charge in [-0.25, -0.2) is 9.37 Å². The number of fused-ring (bicyclic) bond motifs is 1. The van der Waals surface area contributed by atoms with Gasteiger partial charge < -0.3 is 5.32 Å². The Kier molecular flexibility index (Phi) is 3.56. The van der Waals surface area contributed by atoms with Crippen LogP contribution >= 0.6 is 0 Å². The number of nitrogens with zero attached hydrogens (tertiary/aromatic N) is 3. The number of halogens is 1. The van der Waals surface area contributed by atoms with E-state index in [0.29, 0.717) is 11.9 Å². The molecule has 0 radical (unpaired) electrons. The second-order valence-electron chi connectivity index (χ2n) is 5.39. The molecule has 1 N–H and O–H groups in total. The van der Waals surface area contributed by atoms with Crippen LogP contribution in [0.5, 0.6) is 0 Å². The molecule has 0 saturated carbocycles. The highest BCUT2D eigenvalue weighted by Gasteiger charge is 2.13. The summed E-state index contributed by atoms with van der Waals surface area (Å²) in [6, 6.07) is 8.40. The zero-order valence-corrected chi connectivity index (χ0v) is 12.0. The van der Waals surface area contributed by atoms with Crippen molar-refractivity contribution in [1.29, 1.82) is 0 Å². The van der Waals surface area contributed by atoms with Gasteiger partial charge in [-0.05, 0) is 30.2 Å². The van der Waals surface area contributed by atoms with Gasteiger partial charge in [0, 0.05) is 18.8 Å². The van der Waals surface area contributed by atoms with Gasteiger partial charge in [0.1, 0.15) is 5.82 Å². The zero-order valence-electron chi connectivity index (χ0n) is 12.0. The van der Waals surface area contributed by atoms with Gasteiger partial charge in [0.15, 0.2) is 0 Å².